The number of Topliss-reactive ketones (excluding diaryl/α,β-unsaturated/α-hetero) is 1. The van der Waals surface area contributed by atoms with Crippen LogP contribution in [0.2, 0.25) is 0 Å². The number of ketones is 1. The average molecular weight is 278 g/mol. The highest BCUT2D eigenvalue weighted by Gasteiger charge is 2.23. The quantitative estimate of drug-likeness (QED) is 0.558. The fourth-order valence-electron chi connectivity index (χ4n) is 1.38. The number of rotatable bonds is 4. The SMILES string of the molecule is CC(=O)c1ccc(NC(=O)C(=O)NC(C)(C)CO)cc1. The molecule has 6 nitrogen and oxygen atoms in total. The van der Waals surface area contributed by atoms with E-state index < -0.39 is 17.4 Å². The van der Waals surface area contributed by atoms with Crippen molar-refractivity contribution in [3.63, 3.8) is 0 Å². The highest BCUT2D eigenvalue weighted by molar-refractivity contribution is 6.39. The van der Waals surface area contributed by atoms with Gasteiger partial charge in [0.05, 0.1) is 12.1 Å². The molecular formula is C14H18N2O4. The lowest BCUT2D eigenvalue weighted by atomic mass is 10.1. The molecule has 0 aliphatic rings. The van der Waals surface area contributed by atoms with Gasteiger partial charge in [0.25, 0.3) is 0 Å². The molecule has 1 aromatic rings. The summed E-state index contributed by atoms with van der Waals surface area (Å²) in [6.45, 7) is 4.36. The molecule has 20 heavy (non-hydrogen) atoms. The highest BCUT2D eigenvalue weighted by Crippen LogP contribution is 2.10. The number of carbonyl (C=O) groups excluding carboxylic acids is 3. The summed E-state index contributed by atoms with van der Waals surface area (Å²) in [6, 6.07) is 6.21. The monoisotopic (exact) mass is 278 g/mol. The van der Waals surface area contributed by atoms with Crippen LogP contribution in [-0.4, -0.2) is 34.8 Å². The summed E-state index contributed by atoms with van der Waals surface area (Å²) in [5.74, 6) is -1.74. The molecule has 0 bridgehead atoms. The van der Waals surface area contributed by atoms with Gasteiger partial charge in [0.2, 0.25) is 0 Å². The third-order valence-electron chi connectivity index (χ3n) is 2.60. The van der Waals surface area contributed by atoms with E-state index in [4.69, 9.17) is 5.11 Å². The van der Waals surface area contributed by atoms with Crippen molar-refractivity contribution in [2.75, 3.05) is 11.9 Å². The van der Waals surface area contributed by atoms with Crippen LogP contribution in [0, 0.1) is 0 Å². The lowest BCUT2D eigenvalue weighted by Gasteiger charge is -2.22. The maximum Gasteiger partial charge on any atom is 0.313 e. The van der Waals surface area contributed by atoms with Crippen LogP contribution in [0.4, 0.5) is 5.69 Å². The minimum Gasteiger partial charge on any atom is -0.394 e. The lowest BCUT2D eigenvalue weighted by molar-refractivity contribution is -0.137. The van der Waals surface area contributed by atoms with E-state index in [0.717, 1.165) is 0 Å². The van der Waals surface area contributed by atoms with Gasteiger partial charge in [-0.2, -0.15) is 0 Å². The summed E-state index contributed by atoms with van der Waals surface area (Å²) < 4.78 is 0. The zero-order valence-corrected chi connectivity index (χ0v) is 11.7. The second-order valence-corrected chi connectivity index (χ2v) is 5.08. The fourth-order valence-corrected chi connectivity index (χ4v) is 1.38. The number of aliphatic hydroxyl groups excluding tert-OH is 1. The Morgan fingerprint density at radius 1 is 1.10 bits per heavy atom. The number of hydrogen-bond acceptors (Lipinski definition) is 4. The molecule has 0 spiro atoms. The first-order valence-electron chi connectivity index (χ1n) is 6.10. The van der Waals surface area contributed by atoms with E-state index >= 15 is 0 Å². The lowest BCUT2D eigenvalue weighted by Crippen LogP contribution is -2.50. The second-order valence-electron chi connectivity index (χ2n) is 5.08. The van der Waals surface area contributed by atoms with Crippen molar-refractivity contribution in [1.82, 2.24) is 5.32 Å². The van der Waals surface area contributed by atoms with Crippen LogP contribution in [0.5, 0.6) is 0 Å². The molecule has 108 valence electrons. The van der Waals surface area contributed by atoms with Gasteiger partial charge in [0.1, 0.15) is 0 Å². The van der Waals surface area contributed by atoms with Crippen LogP contribution in [0.1, 0.15) is 31.1 Å². The van der Waals surface area contributed by atoms with Crippen LogP contribution in [0.15, 0.2) is 24.3 Å². The number of aliphatic hydroxyl groups is 1. The van der Waals surface area contributed by atoms with Gasteiger partial charge >= 0.3 is 11.8 Å². The van der Waals surface area contributed by atoms with E-state index in [0.29, 0.717) is 11.3 Å². The van der Waals surface area contributed by atoms with Gasteiger partial charge in [-0.05, 0) is 45.0 Å². The molecule has 0 aliphatic carbocycles. The Morgan fingerprint density at radius 2 is 1.65 bits per heavy atom. The normalized spacial score (nSPS) is 10.8. The summed E-state index contributed by atoms with van der Waals surface area (Å²) in [6.07, 6.45) is 0. The maximum atomic E-state index is 11.7. The van der Waals surface area contributed by atoms with Gasteiger partial charge in [0, 0.05) is 11.3 Å². The van der Waals surface area contributed by atoms with Crippen LogP contribution >= 0.6 is 0 Å². The van der Waals surface area contributed by atoms with Crippen molar-refractivity contribution < 1.29 is 19.5 Å². The van der Waals surface area contributed by atoms with Gasteiger partial charge in [0.15, 0.2) is 5.78 Å². The molecule has 0 aliphatic heterocycles. The molecule has 1 rings (SSSR count). The summed E-state index contributed by atoms with van der Waals surface area (Å²) in [7, 11) is 0. The van der Waals surface area contributed by atoms with Gasteiger partial charge in [-0.1, -0.05) is 0 Å². The first-order chi connectivity index (χ1) is 9.25. The molecule has 0 unspecified atom stereocenters. The van der Waals surface area contributed by atoms with Gasteiger partial charge < -0.3 is 15.7 Å². The number of hydrogen-bond donors (Lipinski definition) is 3. The van der Waals surface area contributed by atoms with Gasteiger partial charge in [-0.15, -0.1) is 0 Å². The number of nitrogens with one attached hydrogen (secondary N) is 2. The molecule has 0 aromatic heterocycles. The number of anilines is 1. The third kappa shape index (κ3) is 4.47. The molecule has 0 heterocycles. The largest absolute Gasteiger partial charge is 0.394 e. The van der Waals surface area contributed by atoms with Crippen molar-refractivity contribution in [2.45, 2.75) is 26.3 Å². The molecule has 0 saturated heterocycles. The first-order valence-corrected chi connectivity index (χ1v) is 6.10. The predicted molar refractivity (Wildman–Crippen MR) is 74.4 cm³/mol. The van der Waals surface area contributed by atoms with Crippen molar-refractivity contribution >= 4 is 23.3 Å². The van der Waals surface area contributed by atoms with Crippen molar-refractivity contribution in [3.05, 3.63) is 29.8 Å². The Balaban J connectivity index is 2.66. The smallest absolute Gasteiger partial charge is 0.313 e. The Morgan fingerprint density at radius 3 is 2.10 bits per heavy atom. The predicted octanol–water partition coefficient (Wildman–Crippen LogP) is 0.715. The standard InChI is InChI=1S/C14H18N2O4/c1-9(18)10-4-6-11(7-5-10)15-12(19)13(20)16-14(2,3)8-17/h4-7,17H,8H2,1-3H3,(H,15,19)(H,16,20). The van der Waals surface area contributed by atoms with E-state index in [1.807, 2.05) is 0 Å². The molecule has 3 N–H and O–H groups in total. The number of amides is 2. The van der Waals surface area contributed by atoms with E-state index in [2.05, 4.69) is 10.6 Å². The third-order valence-corrected chi connectivity index (χ3v) is 2.60. The molecular weight excluding hydrogens is 260 g/mol. The summed E-state index contributed by atoms with van der Waals surface area (Å²) >= 11 is 0. The van der Waals surface area contributed by atoms with Crippen LogP contribution in [-0.2, 0) is 9.59 Å². The van der Waals surface area contributed by atoms with E-state index in [-0.39, 0.29) is 12.4 Å². The van der Waals surface area contributed by atoms with E-state index in [9.17, 15) is 14.4 Å². The fraction of sp³-hybridized carbons (Fsp3) is 0.357. The molecule has 6 heteroatoms. The first kappa shape index (κ1) is 15.8. The van der Waals surface area contributed by atoms with Gasteiger partial charge in [-0.3, -0.25) is 14.4 Å². The van der Waals surface area contributed by atoms with Crippen LogP contribution < -0.4 is 10.6 Å². The van der Waals surface area contributed by atoms with Crippen molar-refractivity contribution in [2.24, 2.45) is 0 Å². The maximum absolute atomic E-state index is 11.7. The van der Waals surface area contributed by atoms with E-state index in [1.54, 1.807) is 38.1 Å². The average Bonchev–Trinajstić information content (AvgIpc) is 2.38. The minimum atomic E-state index is -0.868. The summed E-state index contributed by atoms with van der Waals surface area (Å²) in [5, 5.41) is 13.8. The number of benzene rings is 1. The molecule has 2 amide bonds. The Labute approximate surface area is 117 Å². The van der Waals surface area contributed by atoms with Crippen molar-refractivity contribution in [1.29, 1.82) is 0 Å². The molecule has 0 atom stereocenters. The van der Waals surface area contributed by atoms with E-state index in [1.165, 1.54) is 6.92 Å². The zero-order valence-electron chi connectivity index (χ0n) is 11.7. The Bertz CT molecular complexity index is 520. The molecule has 0 fully saturated rings. The second kappa shape index (κ2) is 6.29. The van der Waals surface area contributed by atoms with Crippen LogP contribution in [0.25, 0.3) is 0 Å². The molecule has 0 radical (unpaired) electrons. The Hall–Kier alpha value is -2.21. The topological polar surface area (TPSA) is 95.5 Å². The molecule has 1 aromatic carbocycles. The summed E-state index contributed by atoms with van der Waals surface area (Å²) in [5.41, 5.74) is 0.0678. The zero-order chi connectivity index (χ0) is 15.3. The van der Waals surface area contributed by atoms with Crippen LogP contribution in [0.3, 0.4) is 0 Å². The highest BCUT2D eigenvalue weighted by atomic mass is 16.3. The Kier molecular flexibility index (Phi) is 4.99. The number of carbonyl (C=O) groups is 3. The van der Waals surface area contributed by atoms with Crippen molar-refractivity contribution in [3.8, 4) is 0 Å². The van der Waals surface area contributed by atoms with Gasteiger partial charge in [-0.25, -0.2) is 0 Å². The summed E-state index contributed by atoms with van der Waals surface area (Å²) in [4.78, 5) is 34.4. The minimum absolute atomic E-state index is 0.0784. The molecule has 0 saturated carbocycles.